The summed E-state index contributed by atoms with van der Waals surface area (Å²) < 4.78 is 10.1. The van der Waals surface area contributed by atoms with Crippen molar-refractivity contribution in [3.63, 3.8) is 0 Å². The highest BCUT2D eigenvalue weighted by Crippen LogP contribution is 2.11. The molecular formula is C6H10O2. The lowest BCUT2D eigenvalue weighted by atomic mass is 10.2. The number of hydrogen-bond donors (Lipinski definition) is 0. The van der Waals surface area contributed by atoms with E-state index < -0.39 is 0 Å². The van der Waals surface area contributed by atoms with Crippen molar-refractivity contribution < 1.29 is 9.47 Å². The van der Waals surface area contributed by atoms with Crippen LogP contribution in [0.15, 0.2) is 0 Å². The molecule has 2 nitrogen and oxygen atoms in total. The molecule has 1 aliphatic rings. The number of rotatable bonds is 1. The smallest absolute Gasteiger partial charge is 0.160 e. The molecule has 0 aliphatic carbocycles. The summed E-state index contributed by atoms with van der Waals surface area (Å²) >= 11 is 0. The molecule has 2 radical (unpaired) electrons. The van der Waals surface area contributed by atoms with Crippen molar-refractivity contribution in [1.29, 1.82) is 0 Å². The maximum atomic E-state index is 5.45. The summed E-state index contributed by atoms with van der Waals surface area (Å²) in [5, 5.41) is 0. The van der Waals surface area contributed by atoms with Crippen LogP contribution in [-0.4, -0.2) is 19.5 Å². The fraction of sp³-hybridized carbons (Fsp3) is 0.833. The first-order chi connectivity index (χ1) is 3.80. The normalized spacial score (nSPS) is 22.9. The zero-order chi connectivity index (χ0) is 5.98. The van der Waals surface area contributed by atoms with E-state index >= 15 is 0 Å². The minimum absolute atomic E-state index is 0.00231. The Morgan fingerprint density at radius 1 is 1.50 bits per heavy atom. The van der Waals surface area contributed by atoms with Crippen LogP contribution >= 0.6 is 0 Å². The Morgan fingerprint density at radius 3 is 2.25 bits per heavy atom. The van der Waals surface area contributed by atoms with Crippen LogP contribution in [0.4, 0.5) is 0 Å². The third-order valence-corrected chi connectivity index (χ3v) is 1.08. The molecule has 0 aromatic carbocycles. The van der Waals surface area contributed by atoms with E-state index in [0.717, 1.165) is 0 Å². The van der Waals surface area contributed by atoms with E-state index in [0.29, 0.717) is 13.2 Å². The average Bonchev–Trinajstić information content (AvgIpc) is 2.12. The van der Waals surface area contributed by atoms with Gasteiger partial charge in [-0.15, -0.1) is 0 Å². The van der Waals surface area contributed by atoms with Crippen molar-refractivity contribution in [1.82, 2.24) is 0 Å². The third kappa shape index (κ3) is 1.20. The Labute approximate surface area is 49.8 Å². The monoisotopic (exact) mass is 114 g/mol. The van der Waals surface area contributed by atoms with Crippen molar-refractivity contribution in [2.45, 2.75) is 13.2 Å². The Kier molecular flexibility index (Phi) is 1.86. The van der Waals surface area contributed by atoms with Crippen LogP contribution < -0.4 is 0 Å². The molecule has 0 bridgehead atoms. The third-order valence-electron chi connectivity index (χ3n) is 1.08. The molecule has 0 amide bonds. The van der Waals surface area contributed by atoms with Crippen LogP contribution in [0.1, 0.15) is 6.92 Å². The van der Waals surface area contributed by atoms with Crippen LogP contribution in [-0.2, 0) is 9.47 Å². The first-order valence-corrected chi connectivity index (χ1v) is 2.79. The second-order valence-electron chi connectivity index (χ2n) is 1.97. The van der Waals surface area contributed by atoms with Gasteiger partial charge in [0.15, 0.2) is 6.29 Å². The minimum Gasteiger partial charge on any atom is -0.350 e. The molecule has 8 heavy (non-hydrogen) atoms. The lowest BCUT2D eigenvalue weighted by Crippen LogP contribution is -2.15. The lowest BCUT2D eigenvalue weighted by molar-refractivity contribution is -0.0664. The van der Waals surface area contributed by atoms with Crippen molar-refractivity contribution in [3.8, 4) is 0 Å². The lowest BCUT2D eigenvalue weighted by Gasteiger charge is -2.10. The van der Waals surface area contributed by atoms with Gasteiger partial charge in [-0.25, -0.2) is 0 Å². The van der Waals surface area contributed by atoms with Gasteiger partial charge in [0.2, 0.25) is 0 Å². The molecule has 1 atom stereocenters. The van der Waals surface area contributed by atoms with Gasteiger partial charge in [0.05, 0.1) is 13.2 Å². The Balaban J connectivity index is 2.24. The van der Waals surface area contributed by atoms with Gasteiger partial charge in [0.1, 0.15) is 0 Å². The first-order valence-electron chi connectivity index (χ1n) is 2.79. The molecule has 1 unspecified atom stereocenters. The quantitative estimate of drug-likeness (QED) is 0.499. The van der Waals surface area contributed by atoms with Crippen LogP contribution in [0, 0.1) is 12.8 Å². The van der Waals surface area contributed by atoms with Gasteiger partial charge in [-0.05, 0) is 6.92 Å². The maximum absolute atomic E-state index is 5.45. The van der Waals surface area contributed by atoms with E-state index in [-0.39, 0.29) is 12.2 Å². The van der Waals surface area contributed by atoms with E-state index in [4.69, 9.17) is 16.4 Å². The van der Waals surface area contributed by atoms with E-state index in [2.05, 4.69) is 0 Å². The standard InChI is InChI=1S/C6H10O2/c1-5(2)6-7-3-4-8-6/h1,5-6H,3-4H2,2H3. The van der Waals surface area contributed by atoms with E-state index in [1.54, 1.807) is 0 Å². The fourth-order valence-corrected chi connectivity index (χ4v) is 0.680. The molecule has 0 spiro atoms. The Hall–Kier alpha value is -0.0800. The summed E-state index contributed by atoms with van der Waals surface area (Å²) in [6.45, 7) is 8.69. The van der Waals surface area contributed by atoms with E-state index in [9.17, 15) is 0 Å². The molecule has 0 aromatic rings. The molecule has 1 heterocycles. The molecule has 46 valence electrons. The maximum Gasteiger partial charge on any atom is 0.160 e. The number of hydrogen-bond acceptors (Lipinski definition) is 2. The molecular weight excluding hydrogens is 104 g/mol. The summed E-state index contributed by atoms with van der Waals surface area (Å²) in [6.07, 6.45) is -0.157. The largest absolute Gasteiger partial charge is 0.350 e. The second kappa shape index (κ2) is 2.46. The zero-order valence-corrected chi connectivity index (χ0v) is 4.96. The van der Waals surface area contributed by atoms with Gasteiger partial charge in [-0.3, -0.25) is 0 Å². The van der Waals surface area contributed by atoms with E-state index in [1.807, 2.05) is 6.92 Å². The number of ether oxygens (including phenoxy) is 2. The highest BCUT2D eigenvalue weighted by molar-refractivity contribution is 4.61. The molecule has 0 N–H and O–H groups in total. The van der Waals surface area contributed by atoms with Crippen molar-refractivity contribution >= 4 is 0 Å². The second-order valence-corrected chi connectivity index (χ2v) is 1.97. The molecule has 1 fully saturated rings. The van der Waals surface area contributed by atoms with Crippen LogP contribution in [0.25, 0.3) is 0 Å². The molecule has 0 aromatic heterocycles. The molecule has 2 heteroatoms. The van der Waals surface area contributed by atoms with Crippen LogP contribution in [0.2, 0.25) is 0 Å². The van der Waals surface area contributed by atoms with E-state index in [1.165, 1.54) is 0 Å². The Bertz CT molecular complexity index is 64.9. The highest BCUT2D eigenvalue weighted by atomic mass is 16.7. The summed E-state index contributed by atoms with van der Waals surface area (Å²) in [7, 11) is 0. The SMILES string of the molecule is [CH]C(C)C1OCCO1. The van der Waals surface area contributed by atoms with Crippen LogP contribution in [0.3, 0.4) is 0 Å². The van der Waals surface area contributed by atoms with Gasteiger partial charge in [0, 0.05) is 5.92 Å². The summed E-state index contributed by atoms with van der Waals surface area (Å²) in [6, 6.07) is 0. The topological polar surface area (TPSA) is 18.5 Å². The van der Waals surface area contributed by atoms with Gasteiger partial charge in [-0.1, -0.05) is 6.92 Å². The van der Waals surface area contributed by atoms with Crippen molar-refractivity contribution in [3.05, 3.63) is 6.92 Å². The van der Waals surface area contributed by atoms with Gasteiger partial charge >= 0.3 is 0 Å². The Morgan fingerprint density at radius 2 is 2.00 bits per heavy atom. The first kappa shape index (κ1) is 6.05. The average molecular weight is 114 g/mol. The van der Waals surface area contributed by atoms with Crippen molar-refractivity contribution in [2.24, 2.45) is 5.92 Å². The van der Waals surface area contributed by atoms with Gasteiger partial charge in [-0.2, -0.15) is 0 Å². The summed E-state index contributed by atoms with van der Waals surface area (Å²) in [5.41, 5.74) is 0. The predicted molar refractivity (Wildman–Crippen MR) is 29.2 cm³/mol. The molecule has 0 saturated carbocycles. The predicted octanol–water partition coefficient (Wildman–Crippen LogP) is 0.706. The summed E-state index contributed by atoms with van der Waals surface area (Å²) in [4.78, 5) is 0. The fourth-order valence-electron chi connectivity index (χ4n) is 0.680. The van der Waals surface area contributed by atoms with Crippen molar-refractivity contribution in [2.75, 3.05) is 13.2 Å². The summed E-state index contributed by atoms with van der Waals surface area (Å²) in [5.74, 6) is -0.00231. The highest BCUT2D eigenvalue weighted by Gasteiger charge is 2.18. The molecule has 1 saturated heterocycles. The minimum atomic E-state index is -0.157. The van der Waals surface area contributed by atoms with Gasteiger partial charge in [0.25, 0.3) is 0 Å². The molecule has 1 aliphatic heterocycles. The molecule has 1 rings (SSSR count). The van der Waals surface area contributed by atoms with Crippen LogP contribution in [0.5, 0.6) is 0 Å². The zero-order valence-electron chi connectivity index (χ0n) is 4.96. The van der Waals surface area contributed by atoms with Gasteiger partial charge < -0.3 is 9.47 Å².